The molecule has 0 aromatic carbocycles. The summed E-state index contributed by atoms with van der Waals surface area (Å²) >= 11 is 0. The molecule has 0 bridgehead atoms. The fraction of sp³-hybridized carbons (Fsp3) is 1.00. The van der Waals surface area contributed by atoms with Gasteiger partial charge in [-0.15, -0.1) is 0 Å². The molecular formula is C13H28. The highest BCUT2D eigenvalue weighted by Crippen LogP contribution is 2.40. The topological polar surface area (TPSA) is 0 Å². The van der Waals surface area contributed by atoms with E-state index in [1.807, 2.05) is 13.8 Å². The Morgan fingerprint density at radius 3 is 2.15 bits per heavy atom. The van der Waals surface area contributed by atoms with Gasteiger partial charge in [-0.1, -0.05) is 60.3 Å². The van der Waals surface area contributed by atoms with Gasteiger partial charge in [-0.3, -0.25) is 0 Å². The van der Waals surface area contributed by atoms with Gasteiger partial charge in [-0.05, 0) is 24.2 Å². The predicted molar refractivity (Wildman–Crippen MR) is 61.9 cm³/mol. The molecule has 0 aliphatic heterocycles. The van der Waals surface area contributed by atoms with E-state index in [1.165, 1.54) is 32.1 Å². The van der Waals surface area contributed by atoms with Gasteiger partial charge < -0.3 is 0 Å². The highest BCUT2D eigenvalue weighted by Gasteiger charge is 2.30. The van der Waals surface area contributed by atoms with Gasteiger partial charge in [0.2, 0.25) is 0 Å². The van der Waals surface area contributed by atoms with Crippen LogP contribution in [0.2, 0.25) is 0 Å². The molecule has 0 aromatic rings. The molecule has 0 N–H and O–H groups in total. The third kappa shape index (κ3) is 4.15. The van der Waals surface area contributed by atoms with E-state index in [1.54, 1.807) is 0 Å². The van der Waals surface area contributed by atoms with E-state index in [2.05, 4.69) is 20.8 Å². The summed E-state index contributed by atoms with van der Waals surface area (Å²) in [7, 11) is 0. The highest BCUT2D eigenvalue weighted by atomic mass is 14.4. The summed E-state index contributed by atoms with van der Waals surface area (Å²) in [6.45, 7) is 11.1. The minimum atomic E-state index is 0.999. The van der Waals surface area contributed by atoms with Crippen LogP contribution >= 0.6 is 0 Å². The molecule has 0 radical (unpaired) electrons. The molecule has 80 valence electrons. The van der Waals surface area contributed by atoms with Gasteiger partial charge in [-0.25, -0.2) is 0 Å². The Morgan fingerprint density at radius 2 is 1.85 bits per heavy atom. The summed E-state index contributed by atoms with van der Waals surface area (Å²) in [5, 5.41) is 0. The van der Waals surface area contributed by atoms with E-state index in [0.717, 1.165) is 17.8 Å². The number of unbranched alkanes of at least 4 members (excludes halogenated alkanes) is 1. The van der Waals surface area contributed by atoms with E-state index < -0.39 is 0 Å². The maximum Gasteiger partial charge on any atom is -0.0363 e. The maximum atomic E-state index is 2.44. The second-order valence-corrected chi connectivity index (χ2v) is 4.34. The Balaban J connectivity index is 0.000000671. The highest BCUT2D eigenvalue weighted by molar-refractivity contribution is 4.81. The second-order valence-electron chi connectivity index (χ2n) is 4.34. The van der Waals surface area contributed by atoms with Crippen LogP contribution < -0.4 is 0 Å². The van der Waals surface area contributed by atoms with E-state index >= 15 is 0 Å². The van der Waals surface area contributed by atoms with E-state index in [0.29, 0.717) is 0 Å². The zero-order valence-corrected chi connectivity index (χ0v) is 10.3. The molecular weight excluding hydrogens is 156 g/mol. The lowest BCUT2D eigenvalue weighted by Crippen LogP contribution is -2.28. The summed E-state index contributed by atoms with van der Waals surface area (Å²) in [6, 6.07) is 0. The van der Waals surface area contributed by atoms with Crippen LogP contribution in [0.1, 0.15) is 66.7 Å². The van der Waals surface area contributed by atoms with Crippen LogP contribution in [0.4, 0.5) is 0 Å². The average molecular weight is 184 g/mol. The van der Waals surface area contributed by atoms with Crippen molar-refractivity contribution in [1.29, 1.82) is 0 Å². The standard InChI is InChI=1S/C11H22.C2H6/c1-4-5-6-9(2)11-8-7-10(11)3;1-2/h9-11H,4-8H2,1-3H3;1-2H3. The van der Waals surface area contributed by atoms with E-state index in [9.17, 15) is 0 Å². The molecule has 3 unspecified atom stereocenters. The summed E-state index contributed by atoms with van der Waals surface area (Å²) in [4.78, 5) is 0. The van der Waals surface area contributed by atoms with Crippen LogP contribution in [-0.2, 0) is 0 Å². The molecule has 13 heavy (non-hydrogen) atoms. The second kappa shape index (κ2) is 7.41. The Morgan fingerprint density at radius 1 is 1.23 bits per heavy atom. The fourth-order valence-corrected chi connectivity index (χ4v) is 2.28. The smallest absolute Gasteiger partial charge is 0.0363 e. The summed E-state index contributed by atoms with van der Waals surface area (Å²) in [5.74, 6) is 3.10. The molecule has 0 saturated heterocycles. The van der Waals surface area contributed by atoms with E-state index in [-0.39, 0.29) is 0 Å². The van der Waals surface area contributed by atoms with Crippen molar-refractivity contribution < 1.29 is 0 Å². The monoisotopic (exact) mass is 184 g/mol. The summed E-state index contributed by atoms with van der Waals surface area (Å²) < 4.78 is 0. The van der Waals surface area contributed by atoms with Crippen molar-refractivity contribution in [2.24, 2.45) is 17.8 Å². The lowest BCUT2D eigenvalue weighted by molar-refractivity contribution is 0.121. The zero-order valence-electron chi connectivity index (χ0n) is 10.3. The molecule has 3 atom stereocenters. The van der Waals surface area contributed by atoms with Crippen LogP contribution in [0.5, 0.6) is 0 Å². The first-order valence-corrected chi connectivity index (χ1v) is 6.25. The fourth-order valence-electron chi connectivity index (χ4n) is 2.28. The normalized spacial score (nSPS) is 28.4. The number of hydrogen-bond acceptors (Lipinski definition) is 0. The third-order valence-corrected chi connectivity index (χ3v) is 3.43. The van der Waals surface area contributed by atoms with Crippen LogP contribution in [0.15, 0.2) is 0 Å². The average Bonchev–Trinajstić information content (AvgIpc) is 2.15. The Kier molecular flexibility index (Phi) is 7.41. The molecule has 0 amide bonds. The van der Waals surface area contributed by atoms with Crippen LogP contribution in [0.3, 0.4) is 0 Å². The van der Waals surface area contributed by atoms with Crippen LogP contribution in [-0.4, -0.2) is 0 Å². The SMILES string of the molecule is CC.CCCCC(C)C1CCC1C. The first kappa shape index (κ1) is 13.0. The Bertz CT molecular complexity index is 107. The van der Waals surface area contributed by atoms with Crippen molar-refractivity contribution in [3.63, 3.8) is 0 Å². The number of hydrogen-bond donors (Lipinski definition) is 0. The van der Waals surface area contributed by atoms with Crippen molar-refractivity contribution in [2.45, 2.75) is 66.7 Å². The molecule has 0 nitrogen and oxygen atoms in total. The Labute approximate surface area is 85.1 Å². The molecule has 0 spiro atoms. The molecule has 0 heteroatoms. The molecule has 0 aromatic heterocycles. The minimum Gasteiger partial charge on any atom is -0.0683 e. The number of rotatable bonds is 4. The quantitative estimate of drug-likeness (QED) is 0.584. The van der Waals surface area contributed by atoms with Gasteiger partial charge in [-0.2, -0.15) is 0 Å². The van der Waals surface area contributed by atoms with Crippen molar-refractivity contribution in [2.75, 3.05) is 0 Å². The van der Waals surface area contributed by atoms with Gasteiger partial charge >= 0.3 is 0 Å². The minimum absolute atomic E-state index is 0.999. The van der Waals surface area contributed by atoms with Gasteiger partial charge in [0.05, 0.1) is 0 Å². The first-order chi connectivity index (χ1) is 6.25. The van der Waals surface area contributed by atoms with Crippen molar-refractivity contribution >= 4 is 0 Å². The molecule has 1 rings (SSSR count). The zero-order chi connectivity index (χ0) is 10.3. The van der Waals surface area contributed by atoms with Crippen LogP contribution in [0.25, 0.3) is 0 Å². The lowest BCUT2D eigenvalue weighted by Gasteiger charge is -2.38. The predicted octanol–water partition coefficient (Wildman–Crippen LogP) is 4.89. The van der Waals surface area contributed by atoms with E-state index in [4.69, 9.17) is 0 Å². The van der Waals surface area contributed by atoms with Gasteiger partial charge in [0.15, 0.2) is 0 Å². The van der Waals surface area contributed by atoms with Crippen molar-refractivity contribution in [1.82, 2.24) is 0 Å². The van der Waals surface area contributed by atoms with Gasteiger partial charge in [0.1, 0.15) is 0 Å². The first-order valence-electron chi connectivity index (χ1n) is 6.25. The third-order valence-electron chi connectivity index (χ3n) is 3.43. The molecule has 1 aliphatic carbocycles. The maximum absolute atomic E-state index is 2.44. The van der Waals surface area contributed by atoms with Crippen LogP contribution in [0, 0.1) is 17.8 Å². The molecule has 0 heterocycles. The van der Waals surface area contributed by atoms with Crippen molar-refractivity contribution in [3.8, 4) is 0 Å². The summed E-state index contributed by atoms with van der Waals surface area (Å²) in [6.07, 6.45) is 7.26. The van der Waals surface area contributed by atoms with Gasteiger partial charge in [0, 0.05) is 0 Å². The molecule has 1 fully saturated rings. The largest absolute Gasteiger partial charge is 0.0683 e. The molecule has 1 aliphatic rings. The lowest BCUT2D eigenvalue weighted by atomic mass is 9.67. The summed E-state index contributed by atoms with van der Waals surface area (Å²) in [5.41, 5.74) is 0. The Hall–Kier alpha value is 0. The van der Waals surface area contributed by atoms with Gasteiger partial charge in [0.25, 0.3) is 0 Å². The van der Waals surface area contributed by atoms with Crippen molar-refractivity contribution in [3.05, 3.63) is 0 Å². The molecule has 1 saturated carbocycles.